The smallest absolute Gasteiger partial charge is 0.240 e. The Bertz CT molecular complexity index is 554. The largest absolute Gasteiger partial charge is 0.300 e. The first-order valence-corrected chi connectivity index (χ1v) is 7.72. The summed E-state index contributed by atoms with van der Waals surface area (Å²) in [6.45, 7) is 0.255. The number of carbonyl (C=O) groups is 1. The number of rotatable bonds is 4. The highest BCUT2D eigenvalue weighted by Gasteiger charge is 2.22. The normalized spacial score (nSPS) is 20.5. The van der Waals surface area contributed by atoms with Gasteiger partial charge in [0.25, 0.3) is 0 Å². The predicted octanol–water partition coefficient (Wildman–Crippen LogP) is 1.86. The van der Waals surface area contributed by atoms with Crippen LogP contribution in [0.2, 0.25) is 0 Å². The van der Waals surface area contributed by atoms with Crippen LogP contribution in [0.15, 0.2) is 29.2 Å². The Morgan fingerprint density at radius 1 is 1.26 bits per heavy atom. The number of nitrogens with one attached hydrogen (secondary N) is 1. The maximum absolute atomic E-state index is 12.7. The summed E-state index contributed by atoms with van der Waals surface area (Å²) >= 11 is 0. The van der Waals surface area contributed by atoms with Gasteiger partial charge in [0, 0.05) is 19.4 Å². The molecule has 1 aliphatic rings. The van der Waals surface area contributed by atoms with Gasteiger partial charge in [0.15, 0.2) is 0 Å². The lowest BCUT2D eigenvalue weighted by Crippen LogP contribution is -2.31. The second kappa shape index (κ2) is 5.79. The minimum atomic E-state index is -3.62. The van der Waals surface area contributed by atoms with Gasteiger partial charge in [-0.15, -0.1) is 0 Å². The van der Waals surface area contributed by atoms with Gasteiger partial charge in [0.2, 0.25) is 10.0 Å². The standard InChI is InChI=1S/C13H16FNO3S/c14-11-4-6-13(7-5-11)19(17,18)15-9-10-2-1-3-12(16)8-10/h4-7,10,15H,1-3,8-9H2. The first-order chi connectivity index (χ1) is 8.97. The fourth-order valence-electron chi connectivity index (χ4n) is 2.21. The van der Waals surface area contributed by atoms with Crippen LogP contribution in [0.1, 0.15) is 25.7 Å². The van der Waals surface area contributed by atoms with E-state index in [-0.39, 0.29) is 23.1 Å². The summed E-state index contributed by atoms with van der Waals surface area (Å²) in [4.78, 5) is 11.3. The summed E-state index contributed by atoms with van der Waals surface area (Å²) in [5.74, 6) is -0.217. The molecule has 1 saturated carbocycles. The Labute approximate surface area is 112 Å². The highest BCUT2D eigenvalue weighted by atomic mass is 32.2. The molecule has 6 heteroatoms. The Hall–Kier alpha value is -1.27. The molecular formula is C13H16FNO3S. The lowest BCUT2D eigenvalue weighted by atomic mass is 9.89. The van der Waals surface area contributed by atoms with Crippen molar-refractivity contribution in [3.05, 3.63) is 30.1 Å². The quantitative estimate of drug-likeness (QED) is 0.918. The summed E-state index contributed by atoms with van der Waals surface area (Å²) in [7, 11) is -3.62. The second-order valence-corrected chi connectivity index (χ2v) is 6.57. The Morgan fingerprint density at radius 3 is 2.58 bits per heavy atom. The van der Waals surface area contributed by atoms with E-state index in [4.69, 9.17) is 0 Å². The minimum Gasteiger partial charge on any atom is -0.300 e. The van der Waals surface area contributed by atoms with Crippen molar-refractivity contribution in [2.45, 2.75) is 30.6 Å². The van der Waals surface area contributed by atoms with Crippen molar-refractivity contribution in [2.75, 3.05) is 6.54 Å². The van der Waals surface area contributed by atoms with Crippen molar-refractivity contribution in [3.63, 3.8) is 0 Å². The van der Waals surface area contributed by atoms with Gasteiger partial charge >= 0.3 is 0 Å². The monoisotopic (exact) mass is 285 g/mol. The van der Waals surface area contributed by atoms with Gasteiger partial charge in [-0.25, -0.2) is 17.5 Å². The molecular weight excluding hydrogens is 269 g/mol. The van der Waals surface area contributed by atoms with Crippen LogP contribution in [0.5, 0.6) is 0 Å². The van der Waals surface area contributed by atoms with Crippen molar-refractivity contribution < 1.29 is 17.6 Å². The first kappa shape index (κ1) is 14.1. The number of hydrogen-bond donors (Lipinski definition) is 1. The highest BCUT2D eigenvalue weighted by molar-refractivity contribution is 7.89. The van der Waals surface area contributed by atoms with Crippen LogP contribution in [0.3, 0.4) is 0 Å². The van der Waals surface area contributed by atoms with Crippen molar-refractivity contribution in [2.24, 2.45) is 5.92 Å². The Morgan fingerprint density at radius 2 is 1.95 bits per heavy atom. The lowest BCUT2D eigenvalue weighted by molar-refractivity contribution is -0.121. The molecule has 1 fully saturated rings. The van der Waals surface area contributed by atoms with Gasteiger partial charge in [0.1, 0.15) is 11.6 Å². The molecule has 0 aliphatic heterocycles. The number of halogens is 1. The zero-order valence-electron chi connectivity index (χ0n) is 10.4. The van der Waals surface area contributed by atoms with Crippen LogP contribution >= 0.6 is 0 Å². The molecule has 0 heterocycles. The van der Waals surface area contributed by atoms with Crippen LogP contribution in [0.25, 0.3) is 0 Å². The molecule has 104 valence electrons. The number of Topliss-reactive ketones (excluding diaryl/α,β-unsaturated/α-hetero) is 1. The number of carbonyl (C=O) groups excluding carboxylic acids is 1. The van der Waals surface area contributed by atoms with E-state index in [0.29, 0.717) is 12.8 Å². The maximum atomic E-state index is 12.7. The van der Waals surface area contributed by atoms with Crippen LogP contribution in [-0.2, 0) is 14.8 Å². The third kappa shape index (κ3) is 3.84. The number of sulfonamides is 1. The van der Waals surface area contributed by atoms with Crippen molar-refractivity contribution in [1.29, 1.82) is 0 Å². The van der Waals surface area contributed by atoms with Crippen LogP contribution < -0.4 is 4.72 Å². The highest BCUT2D eigenvalue weighted by Crippen LogP contribution is 2.21. The van der Waals surface area contributed by atoms with Gasteiger partial charge in [-0.3, -0.25) is 4.79 Å². The van der Waals surface area contributed by atoms with E-state index < -0.39 is 15.8 Å². The van der Waals surface area contributed by atoms with E-state index in [1.165, 1.54) is 12.1 Å². The Balaban J connectivity index is 1.97. The topological polar surface area (TPSA) is 63.2 Å². The molecule has 0 radical (unpaired) electrons. The molecule has 0 amide bonds. The number of ketones is 1. The van der Waals surface area contributed by atoms with E-state index in [1.807, 2.05) is 0 Å². The third-order valence-electron chi connectivity index (χ3n) is 3.27. The van der Waals surface area contributed by atoms with E-state index in [0.717, 1.165) is 25.0 Å². The molecule has 4 nitrogen and oxygen atoms in total. The molecule has 1 aromatic rings. The SMILES string of the molecule is O=C1CCCC(CNS(=O)(=O)c2ccc(F)cc2)C1. The van der Waals surface area contributed by atoms with E-state index in [1.54, 1.807) is 0 Å². The maximum Gasteiger partial charge on any atom is 0.240 e. The molecule has 0 bridgehead atoms. The summed E-state index contributed by atoms with van der Waals surface area (Å²) in [5.41, 5.74) is 0. The summed E-state index contributed by atoms with van der Waals surface area (Å²) in [6.07, 6.45) is 2.71. The van der Waals surface area contributed by atoms with Crippen molar-refractivity contribution in [1.82, 2.24) is 4.72 Å². The summed E-state index contributed by atoms with van der Waals surface area (Å²) in [6, 6.07) is 4.67. The molecule has 1 N–H and O–H groups in total. The zero-order chi connectivity index (χ0) is 13.9. The van der Waals surface area contributed by atoms with Crippen molar-refractivity contribution >= 4 is 15.8 Å². The van der Waals surface area contributed by atoms with Gasteiger partial charge in [-0.1, -0.05) is 0 Å². The minimum absolute atomic E-state index is 0.0380. The van der Waals surface area contributed by atoms with Gasteiger partial charge in [-0.2, -0.15) is 0 Å². The fourth-order valence-corrected chi connectivity index (χ4v) is 3.33. The average molecular weight is 285 g/mol. The molecule has 19 heavy (non-hydrogen) atoms. The van der Waals surface area contributed by atoms with Crippen LogP contribution in [0.4, 0.5) is 4.39 Å². The van der Waals surface area contributed by atoms with E-state index in [2.05, 4.69) is 4.72 Å². The Kier molecular flexibility index (Phi) is 4.31. The predicted molar refractivity (Wildman–Crippen MR) is 68.6 cm³/mol. The molecule has 1 atom stereocenters. The fraction of sp³-hybridized carbons (Fsp3) is 0.462. The van der Waals surface area contributed by atoms with Gasteiger partial charge in [-0.05, 0) is 43.0 Å². The second-order valence-electron chi connectivity index (χ2n) is 4.81. The first-order valence-electron chi connectivity index (χ1n) is 6.24. The van der Waals surface area contributed by atoms with Crippen LogP contribution in [-0.4, -0.2) is 20.7 Å². The summed E-state index contributed by atoms with van der Waals surface area (Å²) in [5, 5.41) is 0. The third-order valence-corrected chi connectivity index (χ3v) is 4.71. The van der Waals surface area contributed by atoms with Crippen LogP contribution in [0, 0.1) is 11.7 Å². The molecule has 2 rings (SSSR count). The molecule has 1 aliphatic carbocycles. The van der Waals surface area contributed by atoms with Gasteiger partial charge < -0.3 is 0 Å². The molecule has 0 aromatic heterocycles. The number of benzene rings is 1. The lowest BCUT2D eigenvalue weighted by Gasteiger charge is -2.20. The van der Waals surface area contributed by atoms with E-state index >= 15 is 0 Å². The average Bonchev–Trinajstić information content (AvgIpc) is 2.37. The number of hydrogen-bond acceptors (Lipinski definition) is 3. The van der Waals surface area contributed by atoms with Gasteiger partial charge in [0.05, 0.1) is 4.90 Å². The zero-order valence-corrected chi connectivity index (χ0v) is 11.2. The van der Waals surface area contributed by atoms with Crippen molar-refractivity contribution in [3.8, 4) is 0 Å². The van der Waals surface area contributed by atoms with E-state index in [9.17, 15) is 17.6 Å². The molecule has 1 aromatic carbocycles. The molecule has 0 spiro atoms. The molecule has 0 saturated heterocycles. The molecule has 1 unspecified atom stereocenters. The summed E-state index contributed by atoms with van der Waals surface area (Å²) < 4.78 is 39.1.